The van der Waals surface area contributed by atoms with Gasteiger partial charge >= 0.3 is 0 Å². The van der Waals surface area contributed by atoms with Crippen LogP contribution in [0, 0.1) is 11.3 Å². The van der Waals surface area contributed by atoms with Crippen molar-refractivity contribution in [2.75, 3.05) is 0 Å². The number of piperidine rings is 1. The number of imide groups is 1. The summed E-state index contributed by atoms with van der Waals surface area (Å²) in [5.41, 5.74) is 0.205. The first-order chi connectivity index (χ1) is 9.42. The molecule has 0 bridgehead atoms. The summed E-state index contributed by atoms with van der Waals surface area (Å²) >= 11 is 0. The Hall–Kier alpha value is -2.24. The van der Waals surface area contributed by atoms with Crippen LogP contribution in [0.3, 0.4) is 0 Å². The van der Waals surface area contributed by atoms with Gasteiger partial charge in [0.2, 0.25) is 21.8 Å². The highest BCUT2D eigenvalue weighted by molar-refractivity contribution is 7.89. The van der Waals surface area contributed by atoms with Crippen LogP contribution in [0.5, 0.6) is 0 Å². The van der Waals surface area contributed by atoms with Gasteiger partial charge in [-0.2, -0.15) is 9.98 Å². The van der Waals surface area contributed by atoms with Crippen LogP contribution in [0.4, 0.5) is 0 Å². The van der Waals surface area contributed by atoms with Crippen LogP contribution in [0.15, 0.2) is 29.2 Å². The summed E-state index contributed by atoms with van der Waals surface area (Å²) in [6.07, 6.45) is 0.193. The maximum Gasteiger partial charge on any atom is 0.244 e. The third-order valence-electron chi connectivity index (χ3n) is 2.81. The average molecular weight is 293 g/mol. The molecule has 1 aromatic rings. The van der Waals surface area contributed by atoms with Gasteiger partial charge in [0.15, 0.2) is 0 Å². The monoisotopic (exact) mass is 293 g/mol. The van der Waals surface area contributed by atoms with E-state index >= 15 is 0 Å². The highest BCUT2D eigenvalue weighted by Crippen LogP contribution is 2.13. The second-order valence-corrected chi connectivity index (χ2v) is 5.98. The van der Waals surface area contributed by atoms with Crippen molar-refractivity contribution in [3.8, 4) is 6.07 Å². The lowest BCUT2D eigenvalue weighted by molar-refractivity contribution is -0.134. The van der Waals surface area contributed by atoms with Crippen LogP contribution in [0.1, 0.15) is 18.4 Å². The SMILES string of the molecule is N#Cc1cccc(S(=O)(=O)NC2CCC(=O)NC2=O)c1. The van der Waals surface area contributed by atoms with Crippen molar-refractivity contribution in [3.05, 3.63) is 29.8 Å². The van der Waals surface area contributed by atoms with E-state index in [1.165, 1.54) is 24.3 Å². The Bertz CT molecular complexity index is 706. The molecule has 104 valence electrons. The maximum absolute atomic E-state index is 12.1. The van der Waals surface area contributed by atoms with E-state index < -0.39 is 27.9 Å². The van der Waals surface area contributed by atoms with E-state index in [-0.39, 0.29) is 23.3 Å². The first-order valence-corrected chi connectivity index (χ1v) is 7.27. The molecule has 20 heavy (non-hydrogen) atoms. The summed E-state index contributed by atoms with van der Waals surface area (Å²) < 4.78 is 26.5. The predicted octanol–water partition coefficient (Wildman–Crippen LogP) is -0.358. The van der Waals surface area contributed by atoms with Crippen molar-refractivity contribution in [1.29, 1.82) is 5.26 Å². The summed E-state index contributed by atoms with van der Waals surface area (Å²) in [6, 6.07) is 6.32. The summed E-state index contributed by atoms with van der Waals surface area (Å²) in [5, 5.41) is 10.8. The van der Waals surface area contributed by atoms with Gasteiger partial charge in [-0.3, -0.25) is 14.9 Å². The fraction of sp³-hybridized carbons (Fsp3) is 0.250. The van der Waals surface area contributed by atoms with Crippen LogP contribution in [-0.4, -0.2) is 26.3 Å². The molecule has 8 heteroatoms. The molecule has 0 radical (unpaired) electrons. The molecule has 1 aromatic carbocycles. The number of carbonyl (C=O) groups excluding carboxylic acids is 2. The highest BCUT2D eigenvalue weighted by atomic mass is 32.2. The molecule has 1 atom stereocenters. The first-order valence-electron chi connectivity index (χ1n) is 5.78. The molecule has 0 aliphatic carbocycles. The van der Waals surface area contributed by atoms with Crippen LogP contribution >= 0.6 is 0 Å². The number of benzene rings is 1. The topological polar surface area (TPSA) is 116 Å². The lowest BCUT2D eigenvalue weighted by Gasteiger charge is -2.21. The van der Waals surface area contributed by atoms with Crippen molar-refractivity contribution < 1.29 is 18.0 Å². The molecule has 1 saturated heterocycles. The van der Waals surface area contributed by atoms with E-state index in [4.69, 9.17) is 5.26 Å². The minimum atomic E-state index is -3.92. The van der Waals surface area contributed by atoms with Crippen molar-refractivity contribution >= 4 is 21.8 Å². The van der Waals surface area contributed by atoms with Gasteiger partial charge in [0, 0.05) is 6.42 Å². The number of nitriles is 1. The van der Waals surface area contributed by atoms with Gasteiger partial charge in [-0.1, -0.05) is 6.07 Å². The fourth-order valence-electron chi connectivity index (χ4n) is 1.79. The Kier molecular flexibility index (Phi) is 3.83. The molecular formula is C12H11N3O4S. The van der Waals surface area contributed by atoms with Crippen LogP contribution in [0.2, 0.25) is 0 Å². The van der Waals surface area contributed by atoms with E-state index in [2.05, 4.69) is 10.0 Å². The second-order valence-electron chi connectivity index (χ2n) is 4.26. The third-order valence-corrected chi connectivity index (χ3v) is 4.28. The van der Waals surface area contributed by atoms with Gasteiger partial charge in [0.1, 0.15) is 6.04 Å². The molecule has 0 spiro atoms. The minimum Gasteiger partial charge on any atom is -0.295 e. The third kappa shape index (κ3) is 3.01. The summed E-state index contributed by atoms with van der Waals surface area (Å²) in [6.45, 7) is 0. The Labute approximate surface area is 115 Å². The number of nitrogens with zero attached hydrogens (tertiary/aromatic N) is 1. The lowest BCUT2D eigenvalue weighted by atomic mass is 10.1. The molecule has 1 fully saturated rings. The molecular weight excluding hydrogens is 282 g/mol. The fourth-order valence-corrected chi connectivity index (χ4v) is 3.07. The highest BCUT2D eigenvalue weighted by Gasteiger charge is 2.30. The quantitative estimate of drug-likeness (QED) is 0.738. The largest absolute Gasteiger partial charge is 0.295 e. The number of nitrogens with one attached hydrogen (secondary N) is 2. The van der Waals surface area contributed by atoms with Gasteiger partial charge in [0.05, 0.1) is 16.5 Å². The normalized spacial score (nSPS) is 19.2. The molecule has 0 saturated carbocycles. The Morgan fingerprint density at radius 1 is 1.35 bits per heavy atom. The second kappa shape index (κ2) is 5.40. The van der Waals surface area contributed by atoms with Crippen molar-refractivity contribution in [1.82, 2.24) is 10.0 Å². The zero-order valence-electron chi connectivity index (χ0n) is 10.3. The summed E-state index contributed by atoms with van der Waals surface area (Å²) in [7, 11) is -3.92. The van der Waals surface area contributed by atoms with Crippen LogP contribution in [-0.2, 0) is 19.6 Å². The average Bonchev–Trinajstić information content (AvgIpc) is 2.42. The predicted molar refractivity (Wildman–Crippen MR) is 67.7 cm³/mol. The number of carbonyl (C=O) groups is 2. The van der Waals surface area contributed by atoms with Gasteiger partial charge in [-0.05, 0) is 24.6 Å². The molecule has 2 amide bonds. The minimum absolute atomic E-state index is 0.0805. The van der Waals surface area contributed by atoms with Gasteiger partial charge in [-0.15, -0.1) is 0 Å². The molecule has 7 nitrogen and oxygen atoms in total. The molecule has 2 N–H and O–H groups in total. The van der Waals surface area contributed by atoms with Crippen molar-refractivity contribution in [2.24, 2.45) is 0 Å². The zero-order chi connectivity index (χ0) is 14.8. The van der Waals surface area contributed by atoms with E-state index in [0.717, 1.165) is 0 Å². The smallest absolute Gasteiger partial charge is 0.244 e. The molecule has 1 unspecified atom stereocenters. The molecule has 0 aromatic heterocycles. The van der Waals surface area contributed by atoms with E-state index in [1.54, 1.807) is 0 Å². The van der Waals surface area contributed by atoms with E-state index in [9.17, 15) is 18.0 Å². The molecule has 2 rings (SSSR count). The standard InChI is InChI=1S/C12H11N3O4S/c13-7-8-2-1-3-9(6-8)20(18,19)15-10-4-5-11(16)14-12(10)17/h1-3,6,10,15H,4-5H2,(H,14,16,17). The van der Waals surface area contributed by atoms with Gasteiger partial charge in [-0.25, -0.2) is 8.42 Å². The van der Waals surface area contributed by atoms with Crippen molar-refractivity contribution in [2.45, 2.75) is 23.8 Å². The number of hydrogen-bond donors (Lipinski definition) is 2. The van der Waals surface area contributed by atoms with E-state index in [0.29, 0.717) is 0 Å². The number of rotatable bonds is 3. The molecule has 1 aliphatic heterocycles. The summed E-state index contributed by atoms with van der Waals surface area (Å²) in [5.74, 6) is -1.09. The first kappa shape index (κ1) is 14.2. The number of sulfonamides is 1. The number of amides is 2. The Morgan fingerprint density at radius 2 is 2.10 bits per heavy atom. The van der Waals surface area contributed by atoms with E-state index in [1.807, 2.05) is 6.07 Å². The van der Waals surface area contributed by atoms with Crippen LogP contribution < -0.4 is 10.0 Å². The van der Waals surface area contributed by atoms with Gasteiger partial charge in [0.25, 0.3) is 0 Å². The van der Waals surface area contributed by atoms with Crippen LogP contribution in [0.25, 0.3) is 0 Å². The van der Waals surface area contributed by atoms with Gasteiger partial charge < -0.3 is 0 Å². The summed E-state index contributed by atoms with van der Waals surface area (Å²) in [4.78, 5) is 22.4. The molecule has 1 heterocycles. The molecule has 1 aliphatic rings. The lowest BCUT2D eigenvalue weighted by Crippen LogP contribution is -2.52. The number of hydrogen-bond acceptors (Lipinski definition) is 5. The Morgan fingerprint density at radius 3 is 2.75 bits per heavy atom. The zero-order valence-corrected chi connectivity index (χ0v) is 11.1. The maximum atomic E-state index is 12.1. The Balaban J connectivity index is 2.21. The van der Waals surface area contributed by atoms with Crippen molar-refractivity contribution in [3.63, 3.8) is 0 Å².